The molecular weight excluding hydrogens is 278 g/mol. The van der Waals surface area contributed by atoms with E-state index in [0.717, 1.165) is 27.0 Å². The maximum absolute atomic E-state index is 11.4. The molecule has 1 aliphatic heterocycles. The maximum atomic E-state index is 11.4. The molecule has 0 bridgehead atoms. The third-order valence-corrected chi connectivity index (χ3v) is 4.76. The first kappa shape index (κ1) is 12.5. The molecule has 0 radical (unpaired) electrons. The first-order valence-corrected chi connectivity index (χ1v) is 7.79. The highest BCUT2D eigenvalue weighted by molar-refractivity contribution is 8.00. The number of hydrogen-bond acceptors (Lipinski definition) is 5. The lowest BCUT2D eigenvalue weighted by molar-refractivity contribution is -0.113. The SMILES string of the molecule is Cc1csc(CNc2ccc3c(c2)NC(=O)CS3)n1. The fourth-order valence-electron chi connectivity index (χ4n) is 1.85. The Balaban J connectivity index is 1.71. The molecule has 0 fully saturated rings. The molecule has 3 rings (SSSR count). The summed E-state index contributed by atoms with van der Waals surface area (Å²) in [5, 5.41) is 9.32. The van der Waals surface area contributed by atoms with Gasteiger partial charge in [0.05, 0.1) is 18.0 Å². The molecule has 1 amide bonds. The zero-order valence-corrected chi connectivity index (χ0v) is 12.0. The van der Waals surface area contributed by atoms with Gasteiger partial charge in [-0.05, 0) is 25.1 Å². The van der Waals surface area contributed by atoms with Crippen LogP contribution in [0.15, 0.2) is 28.5 Å². The van der Waals surface area contributed by atoms with Gasteiger partial charge in [0.25, 0.3) is 0 Å². The molecule has 19 heavy (non-hydrogen) atoms. The van der Waals surface area contributed by atoms with Gasteiger partial charge in [-0.3, -0.25) is 4.79 Å². The lowest BCUT2D eigenvalue weighted by Crippen LogP contribution is -2.18. The smallest absolute Gasteiger partial charge is 0.234 e. The van der Waals surface area contributed by atoms with Crippen LogP contribution in [0.25, 0.3) is 0 Å². The van der Waals surface area contributed by atoms with E-state index in [4.69, 9.17) is 0 Å². The second-order valence-corrected chi connectivity index (χ2v) is 6.24. The molecule has 2 heterocycles. The van der Waals surface area contributed by atoms with E-state index in [-0.39, 0.29) is 5.91 Å². The van der Waals surface area contributed by atoms with E-state index in [1.165, 1.54) is 0 Å². The van der Waals surface area contributed by atoms with Crippen molar-refractivity contribution >= 4 is 40.4 Å². The molecule has 2 aromatic rings. The number of nitrogens with zero attached hydrogens (tertiary/aromatic N) is 1. The van der Waals surface area contributed by atoms with Crippen molar-refractivity contribution in [1.82, 2.24) is 4.98 Å². The third kappa shape index (κ3) is 2.90. The maximum Gasteiger partial charge on any atom is 0.234 e. The molecule has 6 heteroatoms. The van der Waals surface area contributed by atoms with Gasteiger partial charge in [-0.25, -0.2) is 4.98 Å². The fraction of sp³-hybridized carbons (Fsp3) is 0.231. The highest BCUT2D eigenvalue weighted by Crippen LogP contribution is 2.33. The van der Waals surface area contributed by atoms with Crippen LogP contribution in [0.2, 0.25) is 0 Å². The number of nitrogens with one attached hydrogen (secondary N) is 2. The van der Waals surface area contributed by atoms with Crippen LogP contribution < -0.4 is 10.6 Å². The molecule has 1 aromatic carbocycles. The first-order valence-electron chi connectivity index (χ1n) is 5.92. The van der Waals surface area contributed by atoms with E-state index in [1.807, 2.05) is 30.5 Å². The quantitative estimate of drug-likeness (QED) is 0.912. The fourth-order valence-corrected chi connectivity index (χ4v) is 3.35. The molecule has 1 aliphatic rings. The summed E-state index contributed by atoms with van der Waals surface area (Å²) in [6, 6.07) is 6.04. The number of thioether (sulfide) groups is 1. The molecule has 0 aliphatic carbocycles. The van der Waals surface area contributed by atoms with Crippen molar-refractivity contribution < 1.29 is 4.79 Å². The van der Waals surface area contributed by atoms with Gasteiger partial charge in [-0.15, -0.1) is 23.1 Å². The van der Waals surface area contributed by atoms with Gasteiger partial charge in [0, 0.05) is 21.7 Å². The second-order valence-electron chi connectivity index (χ2n) is 4.28. The zero-order valence-electron chi connectivity index (χ0n) is 10.4. The van der Waals surface area contributed by atoms with Crippen molar-refractivity contribution in [2.45, 2.75) is 18.4 Å². The predicted octanol–water partition coefficient (Wildman–Crippen LogP) is 3.11. The molecule has 1 aromatic heterocycles. The summed E-state index contributed by atoms with van der Waals surface area (Å²) in [5.41, 5.74) is 2.94. The van der Waals surface area contributed by atoms with E-state index in [0.29, 0.717) is 12.3 Å². The van der Waals surface area contributed by atoms with Crippen molar-refractivity contribution in [3.05, 3.63) is 34.3 Å². The van der Waals surface area contributed by atoms with Crippen molar-refractivity contribution in [3.8, 4) is 0 Å². The third-order valence-electron chi connectivity index (χ3n) is 2.72. The Hall–Kier alpha value is -1.53. The molecule has 0 saturated carbocycles. The number of carbonyl (C=O) groups excluding carboxylic acids is 1. The van der Waals surface area contributed by atoms with Gasteiger partial charge in [0.15, 0.2) is 0 Å². The normalized spacial score (nSPS) is 13.8. The zero-order chi connectivity index (χ0) is 13.2. The van der Waals surface area contributed by atoms with E-state index in [1.54, 1.807) is 23.1 Å². The highest BCUT2D eigenvalue weighted by Gasteiger charge is 2.15. The number of aryl methyl sites for hydroxylation is 1. The van der Waals surface area contributed by atoms with Gasteiger partial charge < -0.3 is 10.6 Å². The van der Waals surface area contributed by atoms with Gasteiger partial charge in [0.2, 0.25) is 5.91 Å². The summed E-state index contributed by atoms with van der Waals surface area (Å²) in [6.45, 7) is 2.70. The number of aromatic nitrogens is 1. The lowest BCUT2D eigenvalue weighted by atomic mass is 10.2. The Bertz CT molecular complexity index is 624. The summed E-state index contributed by atoms with van der Waals surface area (Å²) in [4.78, 5) is 16.9. The summed E-state index contributed by atoms with van der Waals surface area (Å²) in [5.74, 6) is 0.559. The average molecular weight is 291 g/mol. The van der Waals surface area contributed by atoms with Gasteiger partial charge in [-0.1, -0.05) is 0 Å². The van der Waals surface area contributed by atoms with Crippen molar-refractivity contribution in [1.29, 1.82) is 0 Å². The first-order chi connectivity index (χ1) is 9.20. The Morgan fingerprint density at radius 1 is 1.47 bits per heavy atom. The minimum atomic E-state index is 0.0604. The van der Waals surface area contributed by atoms with Crippen LogP contribution >= 0.6 is 23.1 Å². The van der Waals surface area contributed by atoms with Crippen molar-refractivity contribution in [2.24, 2.45) is 0 Å². The Labute approximate surface area is 119 Å². The molecular formula is C13H13N3OS2. The summed E-state index contributed by atoms with van der Waals surface area (Å²) >= 11 is 3.22. The van der Waals surface area contributed by atoms with Crippen LogP contribution in [0.3, 0.4) is 0 Å². The molecule has 2 N–H and O–H groups in total. The second kappa shape index (κ2) is 5.22. The largest absolute Gasteiger partial charge is 0.378 e. The van der Waals surface area contributed by atoms with Gasteiger partial charge in [0.1, 0.15) is 5.01 Å². The number of fused-ring (bicyclic) bond motifs is 1. The molecule has 0 atom stereocenters. The van der Waals surface area contributed by atoms with E-state index < -0.39 is 0 Å². The minimum absolute atomic E-state index is 0.0604. The minimum Gasteiger partial charge on any atom is -0.378 e. The van der Waals surface area contributed by atoms with Crippen LogP contribution in [0, 0.1) is 6.92 Å². The van der Waals surface area contributed by atoms with Crippen LogP contribution in [-0.2, 0) is 11.3 Å². The number of anilines is 2. The molecule has 0 spiro atoms. The number of thiazole rings is 1. The van der Waals surface area contributed by atoms with Crippen LogP contribution in [0.1, 0.15) is 10.7 Å². The van der Waals surface area contributed by atoms with Crippen molar-refractivity contribution in [2.75, 3.05) is 16.4 Å². The van der Waals surface area contributed by atoms with E-state index in [9.17, 15) is 4.79 Å². The standard InChI is InChI=1S/C13H13N3OS2/c1-8-6-19-13(15-8)5-14-9-2-3-11-10(4-9)16-12(17)7-18-11/h2-4,6,14H,5,7H2,1H3,(H,16,17). The number of amides is 1. The molecule has 98 valence electrons. The van der Waals surface area contributed by atoms with E-state index >= 15 is 0 Å². The Kier molecular flexibility index (Phi) is 3.44. The summed E-state index contributed by atoms with van der Waals surface area (Å²) < 4.78 is 0. The van der Waals surface area contributed by atoms with Crippen LogP contribution in [0.5, 0.6) is 0 Å². The van der Waals surface area contributed by atoms with Crippen LogP contribution in [-0.4, -0.2) is 16.6 Å². The molecule has 0 unspecified atom stereocenters. The summed E-state index contributed by atoms with van der Waals surface area (Å²) in [6.07, 6.45) is 0. The number of benzene rings is 1. The van der Waals surface area contributed by atoms with Crippen molar-refractivity contribution in [3.63, 3.8) is 0 Å². The Morgan fingerprint density at radius 3 is 3.16 bits per heavy atom. The van der Waals surface area contributed by atoms with Gasteiger partial charge in [-0.2, -0.15) is 0 Å². The van der Waals surface area contributed by atoms with Gasteiger partial charge >= 0.3 is 0 Å². The molecule has 0 saturated heterocycles. The number of hydrogen-bond donors (Lipinski definition) is 2. The average Bonchev–Trinajstić information content (AvgIpc) is 2.81. The Morgan fingerprint density at radius 2 is 2.37 bits per heavy atom. The monoisotopic (exact) mass is 291 g/mol. The molecule has 4 nitrogen and oxygen atoms in total. The summed E-state index contributed by atoms with van der Waals surface area (Å²) in [7, 11) is 0. The topological polar surface area (TPSA) is 54.0 Å². The number of carbonyl (C=O) groups is 1. The highest BCUT2D eigenvalue weighted by atomic mass is 32.2. The van der Waals surface area contributed by atoms with E-state index in [2.05, 4.69) is 15.6 Å². The predicted molar refractivity (Wildman–Crippen MR) is 80.0 cm³/mol. The van der Waals surface area contributed by atoms with Crippen LogP contribution in [0.4, 0.5) is 11.4 Å². The number of rotatable bonds is 3. The lowest BCUT2D eigenvalue weighted by Gasteiger charge is -2.17.